The Labute approximate surface area is 120 Å². The van der Waals surface area contributed by atoms with Gasteiger partial charge in [-0.05, 0) is 44.4 Å². The SMILES string of the molecule is CCC(NCCCc1cn[nH]c1C)c1ccccc1O. The summed E-state index contributed by atoms with van der Waals surface area (Å²) in [5.41, 5.74) is 3.41. The van der Waals surface area contributed by atoms with E-state index in [1.165, 1.54) is 5.56 Å². The second-order valence-corrected chi connectivity index (χ2v) is 5.10. The standard InChI is InChI=1S/C16H23N3O/c1-3-15(14-8-4-5-9-16(14)20)17-10-6-7-13-11-18-19-12(13)2/h4-5,8-9,11,15,17,20H,3,6-7,10H2,1-2H3,(H,18,19). The van der Waals surface area contributed by atoms with E-state index in [0.29, 0.717) is 5.75 Å². The van der Waals surface area contributed by atoms with Crippen LogP contribution >= 0.6 is 0 Å². The molecule has 20 heavy (non-hydrogen) atoms. The van der Waals surface area contributed by atoms with E-state index in [1.54, 1.807) is 6.07 Å². The molecule has 0 spiro atoms. The Bertz CT molecular complexity index is 536. The van der Waals surface area contributed by atoms with Crippen molar-refractivity contribution in [3.05, 3.63) is 47.3 Å². The Balaban J connectivity index is 1.83. The van der Waals surface area contributed by atoms with Crippen molar-refractivity contribution in [1.29, 1.82) is 0 Å². The second kappa shape index (κ2) is 7.10. The smallest absolute Gasteiger partial charge is 0.120 e. The zero-order chi connectivity index (χ0) is 14.4. The number of aryl methyl sites for hydroxylation is 2. The maximum atomic E-state index is 9.90. The average Bonchev–Trinajstić information content (AvgIpc) is 2.86. The molecule has 0 bridgehead atoms. The molecule has 0 aliphatic carbocycles. The molecular weight excluding hydrogens is 250 g/mol. The summed E-state index contributed by atoms with van der Waals surface area (Å²) in [5, 5.41) is 20.4. The highest BCUT2D eigenvalue weighted by Gasteiger charge is 2.12. The largest absolute Gasteiger partial charge is 0.508 e. The number of aromatic nitrogens is 2. The quantitative estimate of drug-likeness (QED) is 0.679. The molecule has 0 saturated heterocycles. The Kier molecular flexibility index (Phi) is 5.18. The van der Waals surface area contributed by atoms with E-state index in [0.717, 1.165) is 37.1 Å². The maximum absolute atomic E-state index is 9.90. The Morgan fingerprint density at radius 2 is 2.15 bits per heavy atom. The number of aromatic hydroxyl groups is 1. The Morgan fingerprint density at radius 1 is 1.35 bits per heavy atom. The fourth-order valence-electron chi connectivity index (χ4n) is 2.44. The lowest BCUT2D eigenvalue weighted by Gasteiger charge is -2.18. The van der Waals surface area contributed by atoms with Gasteiger partial charge in [0.05, 0.1) is 6.20 Å². The lowest BCUT2D eigenvalue weighted by molar-refractivity contribution is 0.440. The number of hydrogen-bond donors (Lipinski definition) is 3. The monoisotopic (exact) mass is 273 g/mol. The number of nitrogens with one attached hydrogen (secondary N) is 2. The maximum Gasteiger partial charge on any atom is 0.120 e. The van der Waals surface area contributed by atoms with Crippen LogP contribution in [0, 0.1) is 6.92 Å². The van der Waals surface area contributed by atoms with Crippen LogP contribution in [0.5, 0.6) is 5.75 Å². The first-order chi connectivity index (χ1) is 9.72. The van der Waals surface area contributed by atoms with Crippen LogP contribution in [-0.4, -0.2) is 21.8 Å². The Hall–Kier alpha value is -1.81. The third kappa shape index (κ3) is 3.61. The molecule has 0 fully saturated rings. The molecule has 2 rings (SSSR count). The van der Waals surface area contributed by atoms with Gasteiger partial charge >= 0.3 is 0 Å². The summed E-state index contributed by atoms with van der Waals surface area (Å²) in [6.07, 6.45) is 4.94. The van der Waals surface area contributed by atoms with Gasteiger partial charge in [-0.3, -0.25) is 5.10 Å². The molecule has 3 N–H and O–H groups in total. The zero-order valence-corrected chi connectivity index (χ0v) is 12.2. The normalized spacial score (nSPS) is 12.5. The van der Waals surface area contributed by atoms with E-state index in [9.17, 15) is 5.11 Å². The molecule has 0 aliphatic heterocycles. The van der Waals surface area contributed by atoms with Crippen LogP contribution in [0.15, 0.2) is 30.5 Å². The van der Waals surface area contributed by atoms with E-state index in [1.807, 2.05) is 31.3 Å². The van der Waals surface area contributed by atoms with Gasteiger partial charge in [-0.1, -0.05) is 25.1 Å². The van der Waals surface area contributed by atoms with Crippen molar-refractivity contribution in [1.82, 2.24) is 15.5 Å². The number of benzene rings is 1. The van der Waals surface area contributed by atoms with Crippen LogP contribution < -0.4 is 5.32 Å². The average molecular weight is 273 g/mol. The molecule has 1 aromatic carbocycles. The van der Waals surface area contributed by atoms with Crippen LogP contribution in [0.3, 0.4) is 0 Å². The summed E-state index contributed by atoms with van der Waals surface area (Å²) in [6, 6.07) is 7.76. The minimum Gasteiger partial charge on any atom is -0.508 e. The summed E-state index contributed by atoms with van der Waals surface area (Å²) in [4.78, 5) is 0. The fraction of sp³-hybridized carbons (Fsp3) is 0.438. The number of nitrogens with zero attached hydrogens (tertiary/aromatic N) is 1. The van der Waals surface area contributed by atoms with Gasteiger partial charge in [0.2, 0.25) is 0 Å². The summed E-state index contributed by atoms with van der Waals surface area (Å²) in [6.45, 7) is 5.11. The topological polar surface area (TPSA) is 60.9 Å². The molecule has 1 aromatic heterocycles. The number of rotatable bonds is 7. The number of para-hydroxylation sites is 1. The molecule has 0 saturated carbocycles. The van der Waals surface area contributed by atoms with Gasteiger partial charge in [0.25, 0.3) is 0 Å². The summed E-state index contributed by atoms with van der Waals surface area (Å²) in [7, 11) is 0. The molecule has 4 nitrogen and oxygen atoms in total. The molecule has 1 unspecified atom stereocenters. The molecular formula is C16H23N3O. The van der Waals surface area contributed by atoms with E-state index < -0.39 is 0 Å². The van der Waals surface area contributed by atoms with Gasteiger partial charge in [0, 0.05) is 17.3 Å². The molecule has 108 valence electrons. The van der Waals surface area contributed by atoms with Crippen molar-refractivity contribution in [3.8, 4) is 5.75 Å². The van der Waals surface area contributed by atoms with E-state index in [4.69, 9.17) is 0 Å². The van der Waals surface area contributed by atoms with Crippen molar-refractivity contribution in [2.75, 3.05) is 6.54 Å². The van der Waals surface area contributed by atoms with Gasteiger partial charge in [0.1, 0.15) is 5.75 Å². The molecule has 4 heteroatoms. The van der Waals surface area contributed by atoms with Gasteiger partial charge < -0.3 is 10.4 Å². The van der Waals surface area contributed by atoms with Gasteiger partial charge in [-0.25, -0.2) is 0 Å². The first kappa shape index (κ1) is 14.6. The Morgan fingerprint density at radius 3 is 2.80 bits per heavy atom. The van der Waals surface area contributed by atoms with Crippen molar-refractivity contribution in [2.45, 2.75) is 39.2 Å². The first-order valence-corrected chi connectivity index (χ1v) is 7.22. The first-order valence-electron chi connectivity index (χ1n) is 7.22. The summed E-state index contributed by atoms with van der Waals surface area (Å²) >= 11 is 0. The highest BCUT2D eigenvalue weighted by Crippen LogP contribution is 2.25. The van der Waals surface area contributed by atoms with E-state index in [2.05, 4.69) is 22.4 Å². The third-order valence-electron chi connectivity index (χ3n) is 3.67. The van der Waals surface area contributed by atoms with Crippen molar-refractivity contribution >= 4 is 0 Å². The minimum atomic E-state index is 0.210. The lowest BCUT2D eigenvalue weighted by Crippen LogP contribution is -2.22. The van der Waals surface area contributed by atoms with Crippen LogP contribution in [0.2, 0.25) is 0 Å². The molecule has 0 amide bonds. The van der Waals surface area contributed by atoms with E-state index in [-0.39, 0.29) is 6.04 Å². The van der Waals surface area contributed by atoms with Crippen LogP contribution in [0.25, 0.3) is 0 Å². The van der Waals surface area contributed by atoms with Gasteiger partial charge in [-0.2, -0.15) is 5.10 Å². The van der Waals surface area contributed by atoms with Crippen LogP contribution in [0.1, 0.15) is 42.6 Å². The predicted octanol–water partition coefficient (Wildman–Crippen LogP) is 3.10. The fourth-order valence-corrected chi connectivity index (χ4v) is 2.44. The molecule has 1 atom stereocenters. The molecule has 2 aromatic rings. The number of aromatic amines is 1. The van der Waals surface area contributed by atoms with Crippen molar-refractivity contribution < 1.29 is 5.11 Å². The predicted molar refractivity (Wildman–Crippen MR) is 80.8 cm³/mol. The van der Waals surface area contributed by atoms with E-state index >= 15 is 0 Å². The van der Waals surface area contributed by atoms with Crippen molar-refractivity contribution in [2.24, 2.45) is 0 Å². The number of phenolic OH excluding ortho intramolecular Hbond substituents is 1. The minimum absolute atomic E-state index is 0.210. The number of H-pyrrole nitrogens is 1. The summed E-state index contributed by atoms with van der Waals surface area (Å²) < 4.78 is 0. The van der Waals surface area contributed by atoms with Gasteiger partial charge in [-0.15, -0.1) is 0 Å². The summed E-state index contributed by atoms with van der Waals surface area (Å²) in [5.74, 6) is 0.373. The highest BCUT2D eigenvalue weighted by molar-refractivity contribution is 5.34. The van der Waals surface area contributed by atoms with Crippen molar-refractivity contribution in [3.63, 3.8) is 0 Å². The van der Waals surface area contributed by atoms with Gasteiger partial charge in [0.15, 0.2) is 0 Å². The second-order valence-electron chi connectivity index (χ2n) is 5.10. The highest BCUT2D eigenvalue weighted by atomic mass is 16.3. The van der Waals surface area contributed by atoms with Crippen LogP contribution in [0.4, 0.5) is 0 Å². The molecule has 1 heterocycles. The molecule has 0 aliphatic rings. The number of hydrogen-bond acceptors (Lipinski definition) is 3. The zero-order valence-electron chi connectivity index (χ0n) is 12.2. The lowest BCUT2D eigenvalue weighted by atomic mass is 10.0. The van der Waals surface area contributed by atoms with Crippen LogP contribution in [-0.2, 0) is 6.42 Å². The molecule has 0 radical (unpaired) electrons. The number of phenols is 1. The third-order valence-corrected chi connectivity index (χ3v) is 3.67.